The molecule has 0 aliphatic heterocycles. The van der Waals surface area contributed by atoms with Crippen LogP contribution in [0.2, 0.25) is 0 Å². The molecule has 0 fully saturated rings. The molecule has 3 rings (SSSR count). The van der Waals surface area contributed by atoms with Crippen molar-refractivity contribution >= 4 is 30.1 Å². The summed E-state index contributed by atoms with van der Waals surface area (Å²) in [4.78, 5) is 0. The Morgan fingerprint density at radius 3 is 1.88 bits per heavy atom. The summed E-state index contributed by atoms with van der Waals surface area (Å²) in [6.07, 6.45) is 1.18. The van der Waals surface area contributed by atoms with Crippen LogP contribution >= 0.6 is 8.58 Å². The third kappa shape index (κ3) is 1.83. The Kier molecular flexibility index (Phi) is 2.82. The van der Waals surface area contributed by atoms with Crippen LogP contribution in [0.4, 0.5) is 0 Å². The van der Waals surface area contributed by atoms with E-state index < -0.39 is 0 Å². The quantitative estimate of drug-likeness (QED) is 0.444. The molecular weight excluding hydrogens is 223 g/mol. The van der Waals surface area contributed by atoms with Crippen LogP contribution < -0.4 is 0 Å². The Hall–Kier alpha value is -1.39. The molecule has 1 atom stereocenters. The van der Waals surface area contributed by atoms with Crippen LogP contribution in [0.1, 0.15) is 5.56 Å². The van der Waals surface area contributed by atoms with E-state index in [0.717, 1.165) is 8.58 Å². The lowest BCUT2D eigenvalue weighted by molar-refractivity contribution is 1.50. The van der Waals surface area contributed by atoms with Gasteiger partial charge in [-0.2, -0.15) is 0 Å². The van der Waals surface area contributed by atoms with E-state index in [9.17, 15) is 0 Å². The Morgan fingerprint density at radius 1 is 0.824 bits per heavy atom. The van der Waals surface area contributed by atoms with Crippen molar-refractivity contribution in [2.75, 3.05) is 6.66 Å². The van der Waals surface area contributed by atoms with Crippen molar-refractivity contribution in [1.29, 1.82) is 0 Å². The maximum Gasteiger partial charge on any atom is -0.00907 e. The Labute approximate surface area is 103 Å². The number of fused-ring (bicyclic) bond motifs is 2. The summed E-state index contributed by atoms with van der Waals surface area (Å²) >= 11 is 0. The molecule has 0 saturated heterocycles. The highest BCUT2D eigenvalue weighted by molar-refractivity contribution is 7.36. The van der Waals surface area contributed by atoms with E-state index in [0.29, 0.717) is 0 Å². The highest BCUT2D eigenvalue weighted by Gasteiger charge is 2.05. The monoisotopic (exact) mass is 238 g/mol. The molecule has 0 nitrogen and oxygen atoms in total. The van der Waals surface area contributed by atoms with Gasteiger partial charge < -0.3 is 0 Å². The summed E-state index contributed by atoms with van der Waals surface area (Å²) in [6, 6.07) is 19.7. The minimum absolute atomic E-state index is 0.962. The standard InChI is InChI=1S/C16H15P/c1-17-11-16-14-8-4-2-6-12(14)10-13-7-3-5-9-15(13)16/h2-10,17H,11H2,1H3. The smallest absolute Gasteiger partial charge is 0.00907 e. The highest BCUT2D eigenvalue weighted by Crippen LogP contribution is 2.31. The van der Waals surface area contributed by atoms with Gasteiger partial charge in [0, 0.05) is 0 Å². The molecule has 84 valence electrons. The second-order valence-corrected chi connectivity index (χ2v) is 5.39. The zero-order chi connectivity index (χ0) is 11.7. The lowest BCUT2D eigenvalue weighted by atomic mass is 9.98. The summed E-state index contributed by atoms with van der Waals surface area (Å²) < 4.78 is 0. The summed E-state index contributed by atoms with van der Waals surface area (Å²) in [6.45, 7) is 2.27. The van der Waals surface area contributed by atoms with Gasteiger partial charge >= 0.3 is 0 Å². The first-order valence-corrected chi connectivity index (χ1v) is 7.65. The molecule has 0 N–H and O–H groups in total. The maximum absolute atomic E-state index is 2.30. The first kappa shape index (κ1) is 10.7. The van der Waals surface area contributed by atoms with Crippen molar-refractivity contribution in [2.24, 2.45) is 0 Å². The molecule has 0 radical (unpaired) electrons. The number of rotatable bonds is 2. The summed E-state index contributed by atoms with van der Waals surface area (Å²) in [5.74, 6) is 0. The van der Waals surface area contributed by atoms with E-state index >= 15 is 0 Å². The van der Waals surface area contributed by atoms with Gasteiger partial charge in [-0.25, -0.2) is 0 Å². The summed E-state index contributed by atoms with van der Waals surface area (Å²) in [5, 5.41) is 5.56. The third-order valence-electron chi connectivity index (χ3n) is 3.24. The molecule has 0 heterocycles. The first-order valence-electron chi connectivity index (χ1n) is 5.94. The number of hydrogen-bond acceptors (Lipinski definition) is 0. The van der Waals surface area contributed by atoms with Crippen molar-refractivity contribution in [2.45, 2.75) is 6.16 Å². The van der Waals surface area contributed by atoms with E-state index in [1.54, 1.807) is 0 Å². The van der Waals surface area contributed by atoms with Gasteiger partial charge in [-0.1, -0.05) is 48.5 Å². The first-order chi connectivity index (χ1) is 8.40. The predicted molar refractivity (Wildman–Crippen MR) is 79.4 cm³/mol. The second-order valence-electron chi connectivity index (χ2n) is 4.33. The van der Waals surface area contributed by atoms with Crippen LogP contribution in [-0.2, 0) is 6.16 Å². The lowest BCUT2D eigenvalue weighted by Crippen LogP contribution is -1.86. The molecule has 1 heteroatoms. The maximum atomic E-state index is 2.30. The molecule has 0 saturated carbocycles. The number of benzene rings is 3. The van der Waals surface area contributed by atoms with Crippen LogP contribution in [0, 0.1) is 0 Å². The lowest BCUT2D eigenvalue weighted by Gasteiger charge is -2.10. The fourth-order valence-corrected chi connectivity index (χ4v) is 3.21. The minimum Gasteiger partial charge on any atom is -0.121 e. The SMILES string of the molecule is CPCc1c2ccccc2cc2ccccc12. The molecule has 0 bridgehead atoms. The van der Waals surface area contributed by atoms with Gasteiger partial charge in [0.15, 0.2) is 0 Å². The van der Waals surface area contributed by atoms with Crippen LogP contribution in [0.25, 0.3) is 21.5 Å². The average molecular weight is 238 g/mol. The van der Waals surface area contributed by atoms with Crippen LogP contribution in [0.3, 0.4) is 0 Å². The largest absolute Gasteiger partial charge is 0.121 e. The Morgan fingerprint density at radius 2 is 1.35 bits per heavy atom. The van der Waals surface area contributed by atoms with Crippen molar-refractivity contribution < 1.29 is 0 Å². The molecule has 0 aromatic heterocycles. The molecule has 0 spiro atoms. The van der Waals surface area contributed by atoms with Gasteiger partial charge in [-0.05, 0) is 46.0 Å². The molecule has 0 aliphatic carbocycles. The van der Waals surface area contributed by atoms with E-state index in [2.05, 4.69) is 61.3 Å². The van der Waals surface area contributed by atoms with Crippen LogP contribution in [0.5, 0.6) is 0 Å². The fourth-order valence-electron chi connectivity index (χ4n) is 2.48. The van der Waals surface area contributed by atoms with E-state index in [4.69, 9.17) is 0 Å². The minimum atomic E-state index is 0.962. The zero-order valence-corrected chi connectivity index (χ0v) is 10.9. The summed E-state index contributed by atoms with van der Waals surface area (Å²) in [5.41, 5.74) is 1.51. The fraction of sp³-hybridized carbons (Fsp3) is 0.125. The summed E-state index contributed by atoms with van der Waals surface area (Å²) in [7, 11) is 0.962. The van der Waals surface area contributed by atoms with Gasteiger partial charge in [-0.3, -0.25) is 0 Å². The molecule has 3 aromatic rings. The molecule has 1 unspecified atom stereocenters. The van der Waals surface area contributed by atoms with Crippen molar-refractivity contribution in [3.05, 3.63) is 60.2 Å². The second kappa shape index (κ2) is 4.47. The molecule has 3 aromatic carbocycles. The highest BCUT2D eigenvalue weighted by atomic mass is 31.1. The van der Waals surface area contributed by atoms with Crippen molar-refractivity contribution in [1.82, 2.24) is 0 Å². The Bertz CT molecular complexity index is 616. The van der Waals surface area contributed by atoms with Crippen LogP contribution in [0.15, 0.2) is 54.6 Å². The normalized spacial score (nSPS) is 11.8. The van der Waals surface area contributed by atoms with E-state index in [1.165, 1.54) is 33.3 Å². The van der Waals surface area contributed by atoms with Crippen molar-refractivity contribution in [3.63, 3.8) is 0 Å². The van der Waals surface area contributed by atoms with Crippen LogP contribution in [-0.4, -0.2) is 6.66 Å². The number of hydrogen-bond donors (Lipinski definition) is 0. The zero-order valence-electron chi connectivity index (χ0n) is 9.90. The third-order valence-corrected chi connectivity index (χ3v) is 3.94. The van der Waals surface area contributed by atoms with Gasteiger partial charge in [0.25, 0.3) is 0 Å². The Balaban J connectivity index is 2.47. The van der Waals surface area contributed by atoms with Gasteiger partial charge in [0.2, 0.25) is 0 Å². The van der Waals surface area contributed by atoms with Gasteiger partial charge in [0.1, 0.15) is 0 Å². The topological polar surface area (TPSA) is 0 Å². The average Bonchev–Trinajstić information content (AvgIpc) is 2.39. The molecule has 17 heavy (non-hydrogen) atoms. The van der Waals surface area contributed by atoms with E-state index in [1.807, 2.05) is 0 Å². The van der Waals surface area contributed by atoms with Gasteiger partial charge in [-0.15, -0.1) is 8.58 Å². The predicted octanol–water partition coefficient (Wildman–Crippen LogP) is 4.80. The molecule has 0 amide bonds. The van der Waals surface area contributed by atoms with Crippen molar-refractivity contribution in [3.8, 4) is 0 Å². The molecule has 0 aliphatic rings. The van der Waals surface area contributed by atoms with Gasteiger partial charge in [0.05, 0.1) is 0 Å². The molecular formula is C16H15P. The van der Waals surface area contributed by atoms with E-state index in [-0.39, 0.29) is 0 Å².